The van der Waals surface area contributed by atoms with Gasteiger partial charge in [0, 0.05) is 43.7 Å². The number of carbonyl (C=O) groups is 2. The second-order valence-corrected chi connectivity index (χ2v) is 7.33. The van der Waals surface area contributed by atoms with Gasteiger partial charge in [-0.1, -0.05) is 12.1 Å². The molecule has 2 aromatic carbocycles. The molecule has 0 saturated carbocycles. The van der Waals surface area contributed by atoms with E-state index < -0.39 is 0 Å². The van der Waals surface area contributed by atoms with Crippen molar-refractivity contribution in [3.8, 4) is 5.75 Å². The van der Waals surface area contributed by atoms with Crippen molar-refractivity contribution < 1.29 is 19.1 Å². The summed E-state index contributed by atoms with van der Waals surface area (Å²) in [5, 5.41) is 2.87. The topological polar surface area (TPSA) is 67.9 Å². The zero-order valence-electron chi connectivity index (χ0n) is 17.6. The van der Waals surface area contributed by atoms with Gasteiger partial charge in [-0.25, -0.2) is 0 Å². The van der Waals surface area contributed by atoms with Crippen LogP contribution in [0.3, 0.4) is 0 Å². The molecule has 0 aliphatic carbocycles. The molecule has 0 radical (unpaired) electrons. The number of rotatable bonds is 10. The first-order valence-corrected chi connectivity index (χ1v) is 10.6. The van der Waals surface area contributed by atoms with Gasteiger partial charge in [-0.2, -0.15) is 0 Å². The number of amides is 1. The number of nitrogens with one attached hydrogen (secondary N) is 1. The van der Waals surface area contributed by atoms with Crippen LogP contribution in [0.4, 0.5) is 5.69 Å². The number of nitrogens with zero attached hydrogens (tertiary/aromatic N) is 1. The Bertz CT molecular complexity index is 812. The predicted octanol–water partition coefficient (Wildman–Crippen LogP) is 3.56. The van der Waals surface area contributed by atoms with E-state index in [9.17, 15) is 9.59 Å². The first kappa shape index (κ1) is 22.0. The van der Waals surface area contributed by atoms with Crippen LogP contribution in [0.25, 0.3) is 0 Å². The molecule has 1 heterocycles. The van der Waals surface area contributed by atoms with Crippen LogP contribution in [0.1, 0.15) is 35.7 Å². The Hall–Kier alpha value is -2.70. The number of benzene rings is 2. The SMILES string of the molecule is CCOc1ccc(C(=O)CCC(=O)Nc2ccc(CCN3CCOCC3)cc2)cc1. The Morgan fingerprint density at radius 2 is 1.70 bits per heavy atom. The lowest BCUT2D eigenvalue weighted by atomic mass is 10.1. The van der Waals surface area contributed by atoms with Crippen LogP contribution < -0.4 is 10.1 Å². The van der Waals surface area contributed by atoms with E-state index in [2.05, 4.69) is 10.2 Å². The van der Waals surface area contributed by atoms with Crippen molar-refractivity contribution in [2.75, 3.05) is 44.8 Å². The lowest BCUT2D eigenvalue weighted by Gasteiger charge is -2.26. The van der Waals surface area contributed by atoms with Crippen LogP contribution in [0, 0.1) is 0 Å². The predicted molar refractivity (Wildman–Crippen MR) is 117 cm³/mol. The lowest BCUT2D eigenvalue weighted by molar-refractivity contribution is -0.116. The molecule has 30 heavy (non-hydrogen) atoms. The van der Waals surface area contributed by atoms with Gasteiger partial charge in [0.15, 0.2) is 5.78 Å². The quantitative estimate of drug-likeness (QED) is 0.607. The molecule has 1 saturated heterocycles. The van der Waals surface area contributed by atoms with Crippen molar-refractivity contribution in [1.29, 1.82) is 0 Å². The Morgan fingerprint density at radius 1 is 1.00 bits per heavy atom. The summed E-state index contributed by atoms with van der Waals surface area (Å²) >= 11 is 0. The maximum absolute atomic E-state index is 12.3. The summed E-state index contributed by atoms with van der Waals surface area (Å²) in [5.74, 6) is 0.530. The van der Waals surface area contributed by atoms with Crippen LogP contribution >= 0.6 is 0 Å². The van der Waals surface area contributed by atoms with E-state index >= 15 is 0 Å². The number of Topliss-reactive ketones (excluding diaryl/α,β-unsaturated/α-hetero) is 1. The van der Waals surface area contributed by atoms with Crippen molar-refractivity contribution >= 4 is 17.4 Å². The van der Waals surface area contributed by atoms with Crippen molar-refractivity contribution in [2.45, 2.75) is 26.2 Å². The summed E-state index contributed by atoms with van der Waals surface area (Å²) in [6.45, 7) is 7.12. The second-order valence-electron chi connectivity index (χ2n) is 7.33. The third-order valence-corrected chi connectivity index (χ3v) is 5.12. The van der Waals surface area contributed by atoms with Crippen LogP contribution in [0.2, 0.25) is 0 Å². The van der Waals surface area contributed by atoms with Crippen LogP contribution in [0.15, 0.2) is 48.5 Å². The summed E-state index contributed by atoms with van der Waals surface area (Å²) in [4.78, 5) is 26.9. The van der Waals surface area contributed by atoms with Crippen molar-refractivity contribution in [3.63, 3.8) is 0 Å². The zero-order valence-corrected chi connectivity index (χ0v) is 17.6. The van der Waals surface area contributed by atoms with Gasteiger partial charge in [0.2, 0.25) is 5.91 Å². The van der Waals surface area contributed by atoms with Gasteiger partial charge in [-0.15, -0.1) is 0 Å². The van der Waals surface area contributed by atoms with E-state index in [4.69, 9.17) is 9.47 Å². The highest BCUT2D eigenvalue weighted by Gasteiger charge is 2.11. The lowest BCUT2D eigenvalue weighted by Crippen LogP contribution is -2.37. The Morgan fingerprint density at radius 3 is 2.37 bits per heavy atom. The summed E-state index contributed by atoms with van der Waals surface area (Å²) in [6, 6.07) is 14.9. The minimum Gasteiger partial charge on any atom is -0.494 e. The number of anilines is 1. The molecule has 1 N–H and O–H groups in total. The summed E-state index contributed by atoms with van der Waals surface area (Å²) in [6.07, 6.45) is 1.31. The maximum atomic E-state index is 12.3. The molecular weight excluding hydrogens is 380 g/mol. The fourth-order valence-electron chi connectivity index (χ4n) is 3.37. The highest BCUT2D eigenvalue weighted by Crippen LogP contribution is 2.15. The van der Waals surface area contributed by atoms with E-state index in [0.717, 1.165) is 50.7 Å². The molecule has 0 unspecified atom stereocenters. The highest BCUT2D eigenvalue weighted by molar-refractivity contribution is 6.00. The minimum absolute atomic E-state index is 0.0494. The molecule has 2 aromatic rings. The molecule has 0 bridgehead atoms. The van der Waals surface area contributed by atoms with E-state index in [-0.39, 0.29) is 24.5 Å². The van der Waals surface area contributed by atoms with Gasteiger partial charge in [0.05, 0.1) is 19.8 Å². The van der Waals surface area contributed by atoms with Gasteiger partial charge >= 0.3 is 0 Å². The number of morpholine rings is 1. The Labute approximate surface area is 178 Å². The number of ether oxygens (including phenoxy) is 2. The average Bonchev–Trinajstić information content (AvgIpc) is 2.78. The molecule has 6 nitrogen and oxygen atoms in total. The van der Waals surface area contributed by atoms with E-state index in [0.29, 0.717) is 12.2 Å². The number of hydrogen-bond donors (Lipinski definition) is 1. The molecule has 0 aromatic heterocycles. The maximum Gasteiger partial charge on any atom is 0.224 e. The van der Waals surface area contributed by atoms with Gasteiger partial charge in [-0.3, -0.25) is 14.5 Å². The number of carbonyl (C=O) groups excluding carboxylic acids is 2. The van der Waals surface area contributed by atoms with Gasteiger partial charge in [0.1, 0.15) is 5.75 Å². The number of ketones is 1. The largest absolute Gasteiger partial charge is 0.494 e. The van der Waals surface area contributed by atoms with Gasteiger partial charge in [0.25, 0.3) is 0 Å². The normalized spacial score (nSPS) is 14.3. The van der Waals surface area contributed by atoms with Crippen molar-refractivity contribution in [2.24, 2.45) is 0 Å². The zero-order chi connectivity index (χ0) is 21.2. The molecule has 160 valence electrons. The first-order valence-electron chi connectivity index (χ1n) is 10.6. The van der Waals surface area contributed by atoms with Crippen molar-refractivity contribution in [1.82, 2.24) is 4.90 Å². The van der Waals surface area contributed by atoms with E-state index in [1.807, 2.05) is 31.2 Å². The molecule has 1 fully saturated rings. The minimum atomic E-state index is -0.157. The van der Waals surface area contributed by atoms with Crippen LogP contribution in [0.5, 0.6) is 5.75 Å². The Kier molecular flexibility index (Phi) is 8.41. The molecule has 0 atom stereocenters. The molecule has 1 aliphatic rings. The smallest absolute Gasteiger partial charge is 0.224 e. The summed E-state index contributed by atoms with van der Waals surface area (Å²) < 4.78 is 10.7. The molecule has 0 spiro atoms. The molecule has 3 rings (SSSR count). The fourth-order valence-corrected chi connectivity index (χ4v) is 3.37. The van der Waals surface area contributed by atoms with Crippen LogP contribution in [-0.4, -0.2) is 56.0 Å². The third-order valence-electron chi connectivity index (χ3n) is 5.12. The molecule has 1 amide bonds. The third kappa shape index (κ3) is 6.97. The standard InChI is InChI=1S/C24H30N2O4/c1-2-30-22-9-5-20(6-10-22)23(27)11-12-24(28)25-21-7-3-19(4-8-21)13-14-26-15-17-29-18-16-26/h3-10H,2,11-18H2,1H3,(H,25,28). The molecular formula is C24H30N2O4. The monoisotopic (exact) mass is 410 g/mol. The van der Waals surface area contributed by atoms with Crippen molar-refractivity contribution in [3.05, 3.63) is 59.7 Å². The first-order chi connectivity index (χ1) is 14.6. The molecule has 6 heteroatoms. The van der Waals surface area contributed by atoms with Gasteiger partial charge in [-0.05, 0) is 55.3 Å². The Balaban J connectivity index is 1.40. The van der Waals surface area contributed by atoms with Crippen LogP contribution in [-0.2, 0) is 16.0 Å². The fraction of sp³-hybridized carbons (Fsp3) is 0.417. The summed E-state index contributed by atoms with van der Waals surface area (Å²) in [5.41, 5.74) is 2.59. The highest BCUT2D eigenvalue weighted by atomic mass is 16.5. The molecule has 1 aliphatic heterocycles. The second kappa shape index (κ2) is 11.5. The van der Waals surface area contributed by atoms with E-state index in [1.54, 1.807) is 24.3 Å². The summed E-state index contributed by atoms with van der Waals surface area (Å²) in [7, 11) is 0. The van der Waals surface area contributed by atoms with Gasteiger partial charge < -0.3 is 14.8 Å². The van der Waals surface area contributed by atoms with E-state index in [1.165, 1.54) is 5.56 Å². The number of hydrogen-bond acceptors (Lipinski definition) is 5. The average molecular weight is 411 g/mol.